The van der Waals surface area contributed by atoms with Crippen LogP contribution in [0.3, 0.4) is 0 Å². The first-order valence-electron chi connectivity index (χ1n) is 19.6. The molecule has 0 heterocycles. The predicted octanol–water partition coefficient (Wildman–Crippen LogP) is 15.9. The van der Waals surface area contributed by atoms with Crippen molar-refractivity contribution in [2.75, 3.05) is 0 Å². The van der Waals surface area contributed by atoms with Crippen LogP contribution in [0.25, 0.3) is 109 Å². The first kappa shape index (κ1) is 32.4. The van der Waals surface area contributed by atoms with Crippen molar-refractivity contribution in [3.63, 3.8) is 0 Å². The van der Waals surface area contributed by atoms with Gasteiger partial charge in [0.2, 0.25) is 0 Å². The van der Waals surface area contributed by atoms with E-state index in [-0.39, 0.29) is 0 Å². The zero-order valence-electron chi connectivity index (χ0n) is 31.5. The summed E-state index contributed by atoms with van der Waals surface area (Å²) in [6.45, 7) is 4.59. The van der Waals surface area contributed by atoms with Crippen molar-refractivity contribution >= 4 is 64.6 Å². The van der Waals surface area contributed by atoms with Crippen LogP contribution >= 0.6 is 0 Å². The Kier molecular flexibility index (Phi) is 7.41. The summed E-state index contributed by atoms with van der Waals surface area (Å²) in [5.41, 5.74) is 12.6. The van der Waals surface area contributed by atoms with Gasteiger partial charge in [-0.15, -0.1) is 0 Å². The summed E-state index contributed by atoms with van der Waals surface area (Å²) in [6.07, 6.45) is 0. The fourth-order valence-corrected chi connectivity index (χ4v) is 9.38. The normalized spacial score (nSPS) is 11.8. The van der Waals surface area contributed by atoms with Gasteiger partial charge in [-0.1, -0.05) is 170 Å². The van der Waals surface area contributed by atoms with E-state index in [9.17, 15) is 0 Å². The molecule has 0 N–H and O–H groups in total. The predicted molar refractivity (Wildman–Crippen MR) is 243 cm³/mol. The SMILES string of the molecule is Cc1c(-c2ccc(-c3c(C)c4ccccc4c4ccc(-c5ccc6ccccc6c5)cc34)cc2)c2cc(-c3ccc4ccccc4c3)ccc2c2ccccc12. The van der Waals surface area contributed by atoms with Gasteiger partial charge in [-0.2, -0.15) is 0 Å². The lowest BCUT2D eigenvalue weighted by atomic mass is 9.85. The highest BCUT2D eigenvalue weighted by Gasteiger charge is 2.18. The molecular weight excluding hydrogens is 673 g/mol. The third-order valence-electron chi connectivity index (χ3n) is 12.2. The monoisotopic (exact) mass is 710 g/mol. The van der Waals surface area contributed by atoms with E-state index in [0.717, 1.165) is 0 Å². The van der Waals surface area contributed by atoms with E-state index in [2.05, 4.69) is 208 Å². The Morgan fingerprint density at radius 1 is 0.214 bits per heavy atom. The Bertz CT molecular complexity index is 3140. The maximum absolute atomic E-state index is 2.41. The van der Waals surface area contributed by atoms with Crippen LogP contribution in [0.5, 0.6) is 0 Å². The van der Waals surface area contributed by atoms with Gasteiger partial charge in [-0.3, -0.25) is 0 Å². The summed E-state index contributed by atoms with van der Waals surface area (Å²) in [5.74, 6) is 0. The number of hydrogen-bond acceptors (Lipinski definition) is 0. The molecule has 11 aromatic carbocycles. The molecule has 0 nitrogen and oxygen atoms in total. The van der Waals surface area contributed by atoms with Gasteiger partial charge < -0.3 is 0 Å². The van der Waals surface area contributed by atoms with Gasteiger partial charge in [-0.05, 0) is 158 Å². The zero-order chi connectivity index (χ0) is 37.3. The van der Waals surface area contributed by atoms with E-state index in [1.54, 1.807) is 0 Å². The van der Waals surface area contributed by atoms with E-state index in [0.29, 0.717) is 0 Å². The lowest BCUT2D eigenvalue weighted by molar-refractivity contribution is 1.51. The number of benzene rings is 11. The molecule has 0 saturated heterocycles. The van der Waals surface area contributed by atoms with Crippen molar-refractivity contribution in [2.45, 2.75) is 13.8 Å². The lowest BCUT2D eigenvalue weighted by Gasteiger charge is -2.19. The summed E-state index contributed by atoms with van der Waals surface area (Å²) in [5, 5.41) is 15.4. The second-order valence-electron chi connectivity index (χ2n) is 15.3. The summed E-state index contributed by atoms with van der Waals surface area (Å²) in [4.78, 5) is 0. The largest absolute Gasteiger partial charge is 0.0616 e. The first-order chi connectivity index (χ1) is 27.6. The maximum Gasteiger partial charge on any atom is -0.00695 e. The van der Waals surface area contributed by atoms with Crippen molar-refractivity contribution in [3.8, 4) is 44.5 Å². The fourth-order valence-electron chi connectivity index (χ4n) is 9.38. The minimum absolute atomic E-state index is 1.23. The average molecular weight is 711 g/mol. The molecule has 11 aromatic rings. The second kappa shape index (κ2) is 12.8. The van der Waals surface area contributed by atoms with E-state index in [4.69, 9.17) is 0 Å². The standard InChI is InChI=1S/C56H38/c1-35-47-15-7-9-17-49(47)51-29-27-45(43-25-19-37-11-3-5-13-41(37)31-43)33-53(51)55(35)39-21-23-40(24-22-39)56-36(2)48-16-8-10-18-50(48)52-30-28-46(34-54(52)56)44-26-20-38-12-4-6-14-42(38)32-44/h3-34H,1-2H3. The number of hydrogen-bond donors (Lipinski definition) is 0. The molecule has 56 heavy (non-hydrogen) atoms. The average Bonchev–Trinajstić information content (AvgIpc) is 3.26. The molecule has 0 aliphatic heterocycles. The quantitative estimate of drug-likeness (QED) is 0.160. The molecule has 0 spiro atoms. The highest BCUT2D eigenvalue weighted by Crippen LogP contribution is 2.44. The number of fused-ring (bicyclic) bond motifs is 8. The van der Waals surface area contributed by atoms with Gasteiger partial charge in [0.15, 0.2) is 0 Å². The molecule has 0 amide bonds. The fraction of sp³-hybridized carbons (Fsp3) is 0.0357. The Morgan fingerprint density at radius 2 is 0.518 bits per heavy atom. The van der Waals surface area contributed by atoms with Crippen LogP contribution in [-0.4, -0.2) is 0 Å². The topological polar surface area (TPSA) is 0 Å². The smallest absolute Gasteiger partial charge is 0.00695 e. The Hall–Kier alpha value is -7.02. The third-order valence-corrected chi connectivity index (χ3v) is 12.2. The molecule has 0 atom stereocenters. The van der Waals surface area contributed by atoms with Crippen LogP contribution in [0, 0.1) is 13.8 Å². The van der Waals surface area contributed by atoms with Crippen LogP contribution < -0.4 is 0 Å². The summed E-state index contributed by atoms with van der Waals surface area (Å²) < 4.78 is 0. The Morgan fingerprint density at radius 3 is 0.946 bits per heavy atom. The molecule has 11 rings (SSSR count). The highest BCUT2D eigenvalue weighted by atomic mass is 14.2. The van der Waals surface area contributed by atoms with Crippen LogP contribution in [0.15, 0.2) is 194 Å². The first-order valence-corrected chi connectivity index (χ1v) is 19.6. The van der Waals surface area contributed by atoms with Crippen LogP contribution in [0.2, 0.25) is 0 Å². The number of aryl methyl sites for hydroxylation is 2. The molecule has 262 valence electrons. The third kappa shape index (κ3) is 5.14. The molecule has 0 saturated carbocycles. The van der Waals surface area contributed by atoms with Crippen LogP contribution in [0.4, 0.5) is 0 Å². The van der Waals surface area contributed by atoms with Gasteiger partial charge in [0.25, 0.3) is 0 Å². The maximum atomic E-state index is 2.41. The molecule has 0 aliphatic rings. The molecule has 0 fully saturated rings. The van der Waals surface area contributed by atoms with E-state index in [1.807, 2.05) is 0 Å². The van der Waals surface area contributed by atoms with Crippen molar-refractivity contribution in [2.24, 2.45) is 0 Å². The lowest BCUT2D eigenvalue weighted by Crippen LogP contribution is -1.93. The van der Waals surface area contributed by atoms with Crippen molar-refractivity contribution < 1.29 is 0 Å². The van der Waals surface area contributed by atoms with Crippen LogP contribution in [0.1, 0.15) is 11.1 Å². The van der Waals surface area contributed by atoms with E-state index in [1.165, 1.54) is 120 Å². The van der Waals surface area contributed by atoms with Crippen molar-refractivity contribution in [3.05, 3.63) is 205 Å². The Balaban J connectivity index is 1.10. The van der Waals surface area contributed by atoms with Gasteiger partial charge in [0.05, 0.1) is 0 Å². The van der Waals surface area contributed by atoms with Gasteiger partial charge in [0.1, 0.15) is 0 Å². The number of rotatable bonds is 4. The molecule has 0 heteroatoms. The Labute approximate surface area is 326 Å². The minimum Gasteiger partial charge on any atom is -0.0616 e. The molecule has 0 radical (unpaired) electrons. The van der Waals surface area contributed by atoms with Crippen molar-refractivity contribution in [1.82, 2.24) is 0 Å². The minimum atomic E-state index is 1.23. The molecule has 0 aliphatic carbocycles. The van der Waals surface area contributed by atoms with Gasteiger partial charge in [-0.25, -0.2) is 0 Å². The zero-order valence-corrected chi connectivity index (χ0v) is 31.5. The van der Waals surface area contributed by atoms with E-state index >= 15 is 0 Å². The molecular formula is C56H38. The molecule has 0 bridgehead atoms. The summed E-state index contributed by atoms with van der Waals surface area (Å²) in [7, 11) is 0. The van der Waals surface area contributed by atoms with Gasteiger partial charge in [0, 0.05) is 0 Å². The second-order valence-corrected chi connectivity index (χ2v) is 15.3. The summed E-state index contributed by atoms with van der Waals surface area (Å²) in [6, 6.07) is 72.1. The van der Waals surface area contributed by atoms with Gasteiger partial charge >= 0.3 is 0 Å². The summed E-state index contributed by atoms with van der Waals surface area (Å²) >= 11 is 0. The highest BCUT2D eigenvalue weighted by molar-refractivity contribution is 6.18. The molecule has 0 aromatic heterocycles. The van der Waals surface area contributed by atoms with Crippen molar-refractivity contribution in [1.29, 1.82) is 0 Å². The molecule has 0 unspecified atom stereocenters. The van der Waals surface area contributed by atoms with E-state index < -0.39 is 0 Å². The van der Waals surface area contributed by atoms with Crippen LogP contribution in [-0.2, 0) is 0 Å².